The van der Waals surface area contributed by atoms with Gasteiger partial charge in [0.15, 0.2) is 0 Å². The number of hydrogen-bond acceptors (Lipinski definition) is 3. The predicted molar refractivity (Wildman–Crippen MR) is 44.0 cm³/mol. The molecule has 0 saturated carbocycles. The maximum absolute atomic E-state index is 11.9. The lowest BCUT2D eigenvalue weighted by Crippen LogP contribution is -2.37. The van der Waals surface area contributed by atoms with Crippen molar-refractivity contribution in [1.82, 2.24) is 0 Å². The SMILES string of the molecule is COCCOCCO[C](C(F)(F)F)C(F)(F)F. The van der Waals surface area contributed by atoms with Crippen LogP contribution < -0.4 is 0 Å². The molecule has 0 aromatic carbocycles. The second kappa shape index (κ2) is 7.02. The van der Waals surface area contributed by atoms with Crippen LogP contribution in [0.15, 0.2) is 0 Å². The third-order valence-corrected chi connectivity index (χ3v) is 1.42. The van der Waals surface area contributed by atoms with Crippen molar-refractivity contribution in [2.45, 2.75) is 12.4 Å². The molecule has 103 valence electrons. The van der Waals surface area contributed by atoms with E-state index < -0.39 is 25.1 Å². The van der Waals surface area contributed by atoms with Crippen molar-refractivity contribution in [1.29, 1.82) is 0 Å². The highest BCUT2D eigenvalue weighted by molar-refractivity contribution is 4.95. The smallest absolute Gasteiger partial charge is 0.382 e. The average Bonchev–Trinajstić information content (AvgIpc) is 2.12. The van der Waals surface area contributed by atoms with E-state index in [2.05, 4.69) is 14.2 Å². The standard InChI is InChI=1S/C8H11F6O3/c1-15-2-3-16-4-5-17-6(7(9,10)11)8(12,13)14/h2-5H2,1H3. The maximum atomic E-state index is 11.9. The fraction of sp³-hybridized carbons (Fsp3) is 0.875. The van der Waals surface area contributed by atoms with Gasteiger partial charge in [0.2, 0.25) is 0 Å². The molecule has 3 nitrogen and oxygen atoms in total. The van der Waals surface area contributed by atoms with Gasteiger partial charge < -0.3 is 14.2 Å². The van der Waals surface area contributed by atoms with Gasteiger partial charge in [-0.25, -0.2) is 0 Å². The summed E-state index contributed by atoms with van der Waals surface area (Å²) < 4.78 is 84.3. The number of halogens is 6. The van der Waals surface area contributed by atoms with Crippen LogP contribution in [0.2, 0.25) is 0 Å². The van der Waals surface area contributed by atoms with E-state index in [1.165, 1.54) is 7.11 Å². The average molecular weight is 269 g/mol. The molecular formula is C8H11F6O3. The second-order valence-electron chi connectivity index (χ2n) is 2.78. The minimum atomic E-state index is -5.56. The number of methoxy groups -OCH3 is 1. The normalized spacial score (nSPS) is 13.4. The van der Waals surface area contributed by atoms with Gasteiger partial charge in [0.1, 0.15) is 0 Å². The Kier molecular flexibility index (Phi) is 6.80. The van der Waals surface area contributed by atoms with Crippen LogP contribution in [0.1, 0.15) is 0 Å². The van der Waals surface area contributed by atoms with Crippen molar-refractivity contribution in [3.05, 3.63) is 6.10 Å². The van der Waals surface area contributed by atoms with Gasteiger partial charge in [0.05, 0.1) is 26.4 Å². The Balaban J connectivity index is 3.95. The zero-order chi connectivity index (χ0) is 13.5. The molecule has 17 heavy (non-hydrogen) atoms. The largest absolute Gasteiger partial charge is 0.430 e. The Morgan fingerprint density at radius 2 is 1.29 bits per heavy atom. The molecule has 0 rings (SSSR count). The Morgan fingerprint density at radius 3 is 1.71 bits per heavy atom. The topological polar surface area (TPSA) is 27.7 Å². The van der Waals surface area contributed by atoms with Crippen LogP contribution >= 0.6 is 0 Å². The van der Waals surface area contributed by atoms with Gasteiger partial charge in [0, 0.05) is 7.11 Å². The molecule has 0 aliphatic rings. The summed E-state index contributed by atoms with van der Waals surface area (Å²) in [5, 5.41) is 0. The van der Waals surface area contributed by atoms with Gasteiger partial charge in [-0.2, -0.15) is 26.3 Å². The first-order valence-corrected chi connectivity index (χ1v) is 4.40. The fourth-order valence-corrected chi connectivity index (χ4v) is 0.771. The molecular weight excluding hydrogens is 258 g/mol. The molecule has 0 amide bonds. The molecule has 0 aromatic rings. The highest BCUT2D eigenvalue weighted by Gasteiger charge is 2.59. The van der Waals surface area contributed by atoms with E-state index in [1.807, 2.05) is 0 Å². The summed E-state index contributed by atoms with van der Waals surface area (Å²) in [5.41, 5.74) is 0. The molecule has 0 heterocycles. The number of rotatable bonds is 7. The summed E-state index contributed by atoms with van der Waals surface area (Å²) in [6.07, 6.45) is -14.0. The number of hydrogen-bond donors (Lipinski definition) is 0. The second-order valence-corrected chi connectivity index (χ2v) is 2.78. The van der Waals surface area contributed by atoms with E-state index in [4.69, 9.17) is 0 Å². The van der Waals surface area contributed by atoms with E-state index >= 15 is 0 Å². The van der Waals surface area contributed by atoms with Crippen LogP contribution in [0.5, 0.6) is 0 Å². The molecule has 0 spiro atoms. The van der Waals surface area contributed by atoms with Gasteiger partial charge in [-0.3, -0.25) is 0 Å². The zero-order valence-corrected chi connectivity index (χ0v) is 8.82. The van der Waals surface area contributed by atoms with Crippen LogP contribution in [0.25, 0.3) is 0 Å². The molecule has 0 N–H and O–H groups in total. The number of alkyl halides is 6. The highest BCUT2D eigenvalue weighted by atomic mass is 19.4. The maximum Gasteiger partial charge on any atom is 0.430 e. The minimum Gasteiger partial charge on any atom is -0.382 e. The predicted octanol–water partition coefficient (Wildman–Crippen LogP) is 2.32. The lowest BCUT2D eigenvalue weighted by Gasteiger charge is -2.21. The van der Waals surface area contributed by atoms with Crippen LogP contribution in [0.3, 0.4) is 0 Å². The van der Waals surface area contributed by atoms with Crippen molar-refractivity contribution >= 4 is 0 Å². The summed E-state index contributed by atoms with van der Waals surface area (Å²) >= 11 is 0. The summed E-state index contributed by atoms with van der Waals surface area (Å²) in [7, 11) is 1.37. The van der Waals surface area contributed by atoms with Gasteiger partial charge in [-0.05, 0) is 0 Å². The summed E-state index contributed by atoms with van der Waals surface area (Å²) in [4.78, 5) is 0. The third kappa shape index (κ3) is 7.40. The minimum absolute atomic E-state index is 0.0627. The van der Waals surface area contributed by atoms with E-state index in [0.717, 1.165) is 0 Å². The Morgan fingerprint density at radius 1 is 0.824 bits per heavy atom. The quantitative estimate of drug-likeness (QED) is 0.524. The molecule has 1 radical (unpaired) electrons. The van der Waals surface area contributed by atoms with Crippen LogP contribution in [0, 0.1) is 6.10 Å². The first-order valence-electron chi connectivity index (χ1n) is 4.40. The molecule has 0 aliphatic carbocycles. The van der Waals surface area contributed by atoms with Crippen LogP contribution in [-0.4, -0.2) is 45.9 Å². The molecule has 0 aliphatic heterocycles. The number of ether oxygens (including phenoxy) is 3. The molecule has 9 heteroatoms. The third-order valence-electron chi connectivity index (χ3n) is 1.42. The summed E-state index contributed by atoms with van der Waals surface area (Å²) in [6.45, 7) is -0.973. The van der Waals surface area contributed by atoms with E-state index in [0.29, 0.717) is 0 Å². The van der Waals surface area contributed by atoms with E-state index in [-0.39, 0.29) is 19.8 Å². The van der Waals surface area contributed by atoms with Crippen molar-refractivity contribution in [2.75, 3.05) is 33.5 Å². The zero-order valence-electron chi connectivity index (χ0n) is 8.82. The molecule has 0 atom stereocenters. The van der Waals surface area contributed by atoms with Gasteiger partial charge in [-0.15, -0.1) is 0 Å². The van der Waals surface area contributed by atoms with Crippen molar-refractivity contribution < 1.29 is 40.6 Å². The highest BCUT2D eigenvalue weighted by Crippen LogP contribution is 2.41. The van der Waals surface area contributed by atoms with Crippen LogP contribution in [0.4, 0.5) is 26.3 Å². The summed E-state index contributed by atoms with van der Waals surface area (Å²) in [5.74, 6) is 0. The van der Waals surface area contributed by atoms with Crippen LogP contribution in [-0.2, 0) is 14.2 Å². The van der Waals surface area contributed by atoms with Crippen molar-refractivity contribution in [3.8, 4) is 0 Å². The van der Waals surface area contributed by atoms with Gasteiger partial charge in [-0.1, -0.05) is 0 Å². The monoisotopic (exact) mass is 269 g/mol. The van der Waals surface area contributed by atoms with Gasteiger partial charge in [0.25, 0.3) is 0 Å². The summed E-state index contributed by atoms with van der Waals surface area (Å²) in [6, 6.07) is 0. The van der Waals surface area contributed by atoms with E-state index in [1.54, 1.807) is 0 Å². The molecule has 0 saturated heterocycles. The lowest BCUT2D eigenvalue weighted by molar-refractivity contribution is -0.264. The fourth-order valence-electron chi connectivity index (χ4n) is 0.771. The first-order chi connectivity index (χ1) is 7.69. The lowest BCUT2D eigenvalue weighted by atomic mass is 10.3. The Hall–Kier alpha value is -0.540. The van der Waals surface area contributed by atoms with Crippen molar-refractivity contribution in [2.24, 2.45) is 0 Å². The Labute approximate surface area is 93.6 Å². The van der Waals surface area contributed by atoms with Gasteiger partial charge >= 0.3 is 18.5 Å². The van der Waals surface area contributed by atoms with E-state index in [9.17, 15) is 26.3 Å². The van der Waals surface area contributed by atoms with Crippen molar-refractivity contribution in [3.63, 3.8) is 0 Å². The molecule has 0 bridgehead atoms. The molecule has 0 aromatic heterocycles. The molecule has 0 unspecified atom stereocenters. The molecule has 0 fully saturated rings. The first kappa shape index (κ1) is 16.5. The Bertz CT molecular complexity index is 188.